The highest BCUT2D eigenvalue weighted by molar-refractivity contribution is 6.31. The lowest BCUT2D eigenvalue weighted by Crippen LogP contribution is -2.26. The maximum absolute atomic E-state index is 13.8. The van der Waals surface area contributed by atoms with Crippen molar-refractivity contribution in [3.05, 3.63) is 34.6 Å². The van der Waals surface area contributed by atoms with Gasteiger partial charge < -0.3 is 5.32 Å². The van der Waals surface area contributed by atoms with E-state index in [2.05, 4.69) is 19.2 Å². The summed E-state index contributed by atoms with van der Waals surface area (Å²) in [6, 6.07) is 4.84. The molecule has 0 aliphatic carbocycles. The molecule has 3 heteroatoms. The summed E-state index contributed by atoms with van der Waals surface area (Å²) in [4.78, 5) is 0. The molecule has 0 fully saturated rings. The van der Waals surface area contributed by atoms with Gasteiger partial charge in [0.2, 0.25) is 0 Å². The van der Waals surface area contributed by atoms with Gasteiger partial charge in [0.1, 0.15) is 5.82 Å². The van der Waals surface area contributed by atoms with Crippen molar-refractivity contribution in [3.8, 4) is 0 Å². The molecule has 0 aliphatic heterocycles. The van der Waals surface area contributed by atoms with Crippen LogP contribution in [0, 0.1) is 11.7 Å². The third-order valence-corrected chi connectivity index (χ3v) is 3.47. The molecule has 1 aromatic carbocycles. The Morgan fingerprint density at radius 2 is 1.94 bits per heavy atom. The van der Waals surface area contributed by atoms with Crippen LogP contribution in [0.15, 0.2) is 18.2 Å². The second-order valence-electron chi connectivity index (χ2n) is 3.98. The lowest BCUT2D eigenvalue weighted by atomic mass is 9.88. The zero-order chi connectivity index (χ0) is 12.1. The summed E-state index contributed by atoms with van der Waals surface area (Å²) < 4.78 is 13.8. The van der Waals surface area contributed by atoms with Crippen LogP contribution in [0.2, 0.25) is 5.02 Å². The largest absolute Gasteiger partial charge is 0.313 e. The van der Waals surface area contributed by atoms with Crippen LogP contribution in [0.1, 0.15) is 38.3 Å². The molecule has 1 aromatic rings. The second kappa shape index (κ2) is 6.21. The molecule has 0 spiro atoms. The Bertz CT molecular complexity index is 316. The normalized spacial score (nSPS) is 13.1. The molecule has 0 amide bonds. The van der Waals surface area contributed by atoms with Crippen LogP contribution in [0.25, 0.3) is 0 Å². The van der Waals surface area contributed by atoms with Gasteiger partial charge in [-0.2, -0.15) is 0 Å². The highest BCUT2D eigenvalue weighted by atomic mass is 35.5. The van der Waals surface area contributed by atoms with Gasteiger partial charge in [-0.05, 0) is 25.1 Å². The Kier molecular flexibility index (Phi) is 5.23. The zero-order valence-electron chi connectivity index (χ0n) is 10.1. The summed E-state index contributed by atoms with van der Waals surface area (Å²) in [7, 11) is 1.85. The second-order valence-corrected chi connectivity index (χ2v) is 4.39. The zero-order valence-corrected chi connectivity index (χ0v) is 10.8. The van der Waals surface area contributed by atoms with E-state index in [-0.39, 0.29) is 11.9 Å². The molecule has 0 radical (unpaired) electrons. The third kappa shape index (κ3) is 2.74. The number of hydrogen-bond donors (Lipinski definition) is 1. The van der Waals surface area contributed by atoms with E-state index >= 15 is 0 Å². The van der Waals surface area contributed by atoms with Gasteiger partial charge >= 0.3 is 0 Å². The van der Waals surface area contributed by atoms with Crippen LogP contribution in [0.3, 0.4) is 0 Å². The predicted molar refractivity (Wildman–Crippen MR) is 67.3 cm³/mol. The molecule has 0 bridgehead atoms. The number of benzene rings is 1. The number of halogens is 2. The van der Waals surface area contributed by atoms with E-state index in [0.717, 1.165) is 12.8 Å². The van der Waals surface area contributed by atoms with Gasteiger partial charge in [0.05, 0.1) is 0 Å². The van der Waals surface area contributed by atoms with Crippen molar-refractivity contribution in [3.63, 3.8) is 0 Å². The first-order chi connectivity index (χ1) is 7.65. The van der Waals surface area contributed by atoms with Gasteiger partial charge in [0.15, 0.2) is 0 Å². The van der Waals surface area contributed by atoms with Gasteiger partial charge in [-0.25, -0.2) is 4.39 Å². The summed E-state index contributed by atoms with van der Waals surface area (Å²) in [5.41, 5.74) is 0.598. The maximum atomic E-state index is 13.8. The third-order valence-electron chi connectivity index (χ3n) is 3.14. The molecule has 1 unspecified atom stereocenters. The van der Waals surface area contributed by atoms with E-state index in [1.54, 1.807) is 12.1 Å². The van der Waals surface area contributed by atoms with Crippen LogP contribution in [-0.2, 0) is 0 Å². The van der Waals surface area contributed by atoms with Crippen molar-refractivity contribution in [2.75, 3.05) is 7.05 Å². The summed E-state index contributed by atoms with van der Waals surface area (Å²) in [5, 5.41) is 3.68. The van der Waals surface area contributed by atoms with Gasteiger partial charge in [-0.1, -0.05) is 44.4 Å². The van der Waals surface area contributed by atoms with Crippen LogP contribution in [-0.4, -0.2) is 7.05 Å². The lowest BCUT2D eigenvalue weighted by molar-refractivity contribution is 0.350. The van der Waals surface area contributed by atoms with Gasteiger partial charge in [-0.15, -0.1) is 0 Å². The molecule has 1 rings (SSSR count). The molecule has 1 nitrogen and oxygen atoms in total. The number of nitrogens with one attached hydrogen (secondary N) is 1. The highest BCUT2D eigenvalue weighted by Gasteiger charge is 2.23. The Morgan fingerprint density at radius 1 is 1.31 bits per heavy atom. The lowest BCUT2D eigenvalue weighted by Gasteiger charge is -2.26. The fraction of sp³-hybridized carbons (Fsp3) is 0.538. The summed E-state index contributed by atoms with van der Waals surface area (Å²) in [5.74, 6) is 0.179. The predicted octanol–water partition coefficient (Wildman–Crippen LogP) is 4.18. The molecule has 0 saturated heterocycles. The molecular formula is C13H19ClFN. The average Bonchev–Trinajstić information content (AvgIpc) is 2.28. The molecule has 90 valence electrons. The SMILES string of the molecule is CCC(CC)C(NC)c1c(F)cccc1Cl. The van der Waals surface area contributed by atoms with Crippen LogP contribution in [0.5, 0.6) is 0 Å². The molecule has 0 aliphatic rings. The highest BCUT2D eigenvalue weighted by Crippen LogP contribution is 2.33. The fourth-order valence-corrected chi connectivity index (χ4v) is 2.46. The topological polar surface area (TPSA) is 12.0 Å². The smallest absolute Gasteiger partial charge is 0.129 e. The van der Waals surface area contributed by atoms with Crippen molar-refractivity contribution >= 4 is 11.6 Å². The first kappa shape index (κ1) is 13.5. The number of rotatable bonds is 5. The van der Waals surface area contributed by atoms with E-state index in [4.69, 9.17) is 11.6 Å². The molecule has 0 saturated carbocycles. The Morgan fingerprint density at radius 3 is 2.38 bits per heavy atom. The van der Waals surface area contributed by atoms with E-state index in [1.165, 1.54) is 6.07 Å². The van der Waals surface area contributed by atoms with Crippen molar-refractivity contribution < 1.29 is 4.39 Å². The monoisotopic (exact) mass is 243 g/mol. The molecule has 0 aromatic heterocycles. The van der Waals surface area contributed by atoms with E-state index < -0.39 is 0 Å². The molecular weight excluding hydrogens is 225 g/mol. The van der Waals surface area contributed by atoms with E-state index in [9.17, 15) is 4.39 Å². The molecule has 16 heavy (non-hydrogen) atoms. The number of hydrogen-bond acceptors (Lipinski definition) is 1. The Labute approximate surface area is 102 Å². The summed E-state index contributed by atoms with van der Waals surface area (Å²) in [6.07, 6.45) is 2.01. The van der Waals surface area contributed by atoms with Crippen molar-refractivity contribution in [1.82, 2.24) is 5.32 Å². The van der Waals surface area contributed by atoms with Crippen LogP contribution >= 0.6 is 11.6 Å². The summed E-state index contributed by atoms with van der Waals surface area (Å²) in [6.45, 7) is 4.24. The van der Waals surface area contributed by atoms with E-state index in [0.29, 0.717) is 16.5 Å². The first-order valence-electron chi connectivity index (χ1n) is 5.76. The summed E-state index contributed by atoms with van der Waals surface area (Å²) >= 11 is 6.08. The van der Waals surface area contributed by atoms with Crippen LogP contribution < -0.4 is 5.32 Å². The van der Waals surface area contributed by atoms with Crippen molar-refractivity contribution in [1.29, 1.82) is 0 Å². The first-order valence-corrected chi connectivity index (χ1v) is 6.14. The average molecular weight is 244 g/mol. The van der Waals surface area contributed by atoms with Crippen molar-refractivity contribution in [2.45, 2.75) is 32.7 Å². The molecule has 1 N–H and O–H groups in total. The van der Waals surface area contributed by atoms with E-state index in [1.807, 2.05) is 7.05 Å². The molecule has 1 atom stereocenters. The quantitative estimate of drug-likeness (QED) is 0.818. The Balaban J connectivity index is 3.12. The molecule has 0 heterocycles. The van der Waals surface area contributed by atoms with Gasteiger partial charge in [0, 0.05) is 16.6 Å². The van der Waals surface area contributed by atoms with Crippen molar-refractivity contribution in [2.24, 2.45) is 5.92 Å². The van der Waals surface area contributed by atoms with Crippen LogP contribution in [0.4, 0.5) is 4.39 Å². The van der Waals surface area contributed by atoms with Gasteiger partial charge in [-0.3, -0.25) is 0 Å². The van der Waals surface area contributed by atoms with Gasteiger partial charge in [0.25, 0.3) is 0 Å². The fourth-order valence-electron chi connectivity index (χ4n) is 2.18. The minimum absolute atomic E-state index is 0.0105. The maximum Gasteiger partial charge on any atom is 0.129 e. The Hall–Kier alpha value is -0.600. The minimum Gasteiger partial charge on any atom is -0.313 e. The standard InChI is InChI=1S/C13H19ClFN/c1-4-9(5-2)13(16-3)12-10(14)7-6-8-11(12)15/h6-9,13,16H,4-5H2,1-3H3. The minimum atomic E-state index is -0.223.